The Hall–Kier alpha value is -1.74. The van der Waals surface area contributed by atoms with E-state index in [1.165, 1.54) is 7.11 Å². The second-order valence-corrected chi connectivity index (χ2v) is 6.89. The van der Waals surface area contributed by atoms with Gasteiger partial charge in [0, 0.05) is 14.2 Å². The summed E-state index contributed by atoms with van der Waals surface area (Å²) in [5.74, 6) is -1.67. The molecule has 1 aromatic carbocycles. The number of thiol groups is 1. The van der Waals surface area contributed by atoms with Crippen LogP contribution in [0, 0.1) is 0 Å². The fraction of sp³-hybridized carbons (Fsp3) is 0.385. The zero-order chi connectivity index (χ0) is 18.2. The van der Waals surface area contributed by atoms with Gasteiger partial charge in [-0.05, 0) is 24.3 Å². The number of carbonyl (C=O) groups is 2. The van der Waals surface area contributed by atoms with Gasteiger partial charge in [0.2, 0.25) is 12.6 Å². The maximum Gasteiger partial charge on any atom is 0.363 e. The first kappa shape index (κ1) is 20.3. The Kier molecular flexibility index (Phi) is 8.06. The summed E-state index contributed by atoms with van der Waals surface area (Å²) in [5, 5.41) is 1.15. The van der Waals surface area contributed by atoms with Crippen molar-refractivity contribution >= 4 is 31.4 Å². The first-order valence-corrected chi connectivity index (χ1v) is 8.56. The first-order valence-electron chi connectivity index (χ1n) is 6.50. The van der Waals surface area contributed by atoms with E-state index in [2.05, 4.69) is 17.9 Å². The van der Waals surface area contributed by atoms with Gasteiger partial charge >= 0.3 is 13.6 Å². The number of rotatable bonds is 9. The van der Waals surface area contributed by atoms with Gasteiger partial charge in [-0.25, -0.2) is 4.79 Å². The van der Waals surface area contributed by atoms with Crippen LogP contribution in [0.4, 0.5) is 4.79 Å². The molecular weight excluding hydrogens is 361 g/mol. The fourth-order valence-electron chi connectivity index (χ4n) is 1.58. The molecular formula is C13H18NO8PS. The van der Waals surface area contributed by atoms with Crippen molar-refractivity contribution in [2.45, 2.75) is 5.78 Å². The lowest BCUT2D eigenvalue weighted by molar-refractivity contribution is -0.150. The number of methoxy groups -OCH3 is 1. The van der Waals surface area contributed by atoms with E-state index < -0.39 is 31.4 Å². The van der Waals surface area contributed by atoms with E-state index in [9.17, 15) is 14.2 Å². The highest BCUT2D eigenvalue weighted by Crippen LogP contribution is 2.50. The highest BCUT2D eigenvalue weighted by Gasteiger charge is 2.42. The van der Waals surface area contributed by atoms with E-state index in [1.54, 1.807) is 24.3 Å². The van der Waals surface area contributed by atoms with Gasteiger partial charge in [0.15, 0.2) is 0 Å². The van der Waals surface area contributed by atoms with Gasteiger partial charge in [0.25, 0.3) is 5.24 Å². The average molecular weight is 379 g/mol. The molecule has 0 spiro atoms. The molecule has 0 fully saturated rings. The molecule has 11 heteroatoms. The maximum absolute atomic E-state index is 12.3. The summed E-state index contributed by atoms with van der Waals surface area (Å²) in [6.45, 7) is -0.475. The van der Waals surface area contributed by atoms with E-state index >= 15 is 0 Å². The minimum absolute atomic E-state index is 0.417. The molecule has 0 aliphatic rings. The van der Waals surface area contributed by atoms with Gasteiger partial charge in [-0.3, -0.25) is 9.36 Å². The molecule has 0 aliphatic carbocycles. The molecule has 0 saturated carbocycles. The van der Waals surface area contributed by atoms with Crippen molar-refractivity contribution in [1.82, 2.24) is 5.32 Å². The summed E-state index contributed by atoms with van der Waals surface area (Å²) in [6.07, 6.45) is 0. The van der Waals surface area contributed by atoms with Crippen LogP contribution in [0.3, 0.4) is 0 Å². The molecule has 24 heavy (non-hydrogen) atoms. The fourth-order valence-corrected chi connectivity index (χ4v) is 2.99. The van der Waals surface area contributed by atoms with Crippen molar-refractivity contribution in [1.29, 1.82) is 0 Å². The third-order valence-electron chi connectivity index (χ3n) is 2.79. The van der Waals surface area contributed by atoms with Crippen molar-refractivity contribution in [2.75, 3.05) is 28.1 Å². The van der Waals surface area contributed by atoms with Crippen LogP contribution in [-0.2, 0) is 23.1 Å². The summed E-state index contributed by atoms with van der Waals surface area (Å²) in [4.78, 5) is 23.1. The second-order valence-electron chi connectivity index (χ2n) is 4.16. The number of carbonyl (C=O) groups excluding carboxylic acids is 2. The normalized spacial score (nSPS) is 12.2. The summed E-state index contributed by atoms with van der Waals surface area (Å²) >= 11 is 3.48. The third-order valence-corrected chi connectivity index (χ3v) is 4.91. The van der Waals surface area contributed by atoms with Crippen LogP contribution in [0.2, 0.25) is 0 Å². The third kappa shape index (κ3) is 5.72. The monoisotopic (exact) mass is 379 g/mol. The van der Waals surface area contributed by atoms with Crippen LogP contribution in [-0.4, -0.2) is 45.1 Å². The number of amides is 1. The lowest BCUT2D eigenvalue weighted by Crippen LogP contribution is -2.40. The molecule has 1 aromatic rings. The molecule has 1 N–H and O–H groups in total. The number of benzene rings is 1. The zero-order valence-electron chi connectivity index (χ0n) is 13.3. The Balaban J connectivity index is 2.67. The molecule has 0 saturated heterocycles. The highest BCUT2D eigenvalue weighted by molar-refractivity contribution is 7.96. The molecule has 9 nitrogen and oxygen atoms in total. The molecule has 1 amide bonds. The lowest BCUT2D eigenvalue weighted by Gasteiger charge is -2.22. The van der Waals surface area contributed by atoms with Crippen molar-refractivity contribution in [3.8, 4) is 11.5 Å². The Bertz CT molecular complexity index is 600. The minimum atomic E-state index is -3.95. The lowest BCUT2D eigenvalue weighted by atomic mass is 10.3. The van der Waals surface area contributed by atoms with E-state index in [4.69, 9.17) is 23.3 Å². The van der Waals surface area contributed by atoms with Crippen LogP contribution in [0.25, 0.3) is 0 Å². The topological polar surface area (TPSA) is 109 Å². The largest absolute Gasteiger partial charge is 0.497 e. The predicted molar refractivity (Wildman–Crippen MR) is 87.5 cm³/mol. The highest BCUT2D eigenvalue weighted by atomic mass is 32.1. The van der Waals surface area contributed by atoms with Crippen molar-refractivity contribution < 1.29 is 37.4 Å². The Morgan fingerprint density at radius 2 is 1.67 bits per heavy atom. The molecule has 0 heterocycles. The summed E-state index contributed by atoms with van der Waals surface area (Å²) in [5.41, 5.74) is 0. The molecule has 0 aliphatic heterocycles. The van der Waals surface area contributed by atoms with Gasteiger partial charge in [0.05, 0.1) is 7.11 Å². The Morgan fingerprint density at radius 1 is 1.12 bits per heavy atom. The predicted octanol–water partition coefficient (Wildman–Crippen LogP) is 2.03. The molecule has 0 bridgehead atoms. The maximum atomic E-state index is 12.3. The molecule has 1 rings (SSSR count). The minimum Gasteiger partial charge on any atom is -0.497 e. The molecule has 0 radical (unpaired) electrons. The summed E-state index contributed by atoms with van der Waals surface area (Å²) in [6, 6.07) is 6.53. The number of ether oxygens (including phenoxy) is 3. The van der Waals surface area contributed by atoms with Crippen LogP contribution in [0.5, 0.6) is 11.5 Å². The van der Waals surface area contributed by atoms with Crippen molar-refractivity contribution in [3.63, 3.8) is 0 Å². The van der Waals surface area contributed by atoms with Crippen LogP contribution in [0.1, 0.15) is 0 Å². The van der Waals surface area contributed by atoms with Crippen LogP contribution >= 0.6 is 20.2 Å². The van der Waals surface area contributed by atoms with Gasteiger partial charge in [-0.1, -0.05) is 12.6 Å². The summed E-state index contributed by atoms with van der Waals surface area (Å²) < 4.78 is 36.7. The van der Waals surface area contributed by atoms with Gasteiger partial charge in [0.1, 0.15) is 11.5 Å². The van der Waals surface area contributed by atoms with Gasteiger partial charge < -0.3 is 28.6 Å². The molecule has 1 unspecified atom stereocenters. The molecule has 1 atom stereocenters. The van der Waals surface area contributed by atoms with Crippen molar-refractivity contribution in [2.24, 2.45) is 0 Å². The van der Waals surface area contributed by atoms with E-state index in [1.807, 2.05) is 0 Å². The van der Waals surface area contributed by atoms with Crippen LogP contribution in [0.15, 0.2) is 24.3 Å². The van der Waals surface area contributed by atoms with E-state index in [0.29, 0.717) is 11.5 Å². The second kappa shape index (κ2) is 9.53. The molecule has 134 valence electrons. The number of hydrogen-bond donors (Lipinski definition) is 2. The van der Waals surface area contributed by atoms with Crippen molar-refractivity contribution in [3.05, 3.63) is 24.3 Å². The van der Waals surface area contributed by atoms with E-state index in [0.717, 1.165) is 14.2 Å². The molecule has 0 aromatic heterocycles. The Labute approximate surface area is 144 Å². The number of esters is 1. The number of hydrogen-bond acceptors (Lipinski definition) is 8. The smallest absolute Gasteiger partial charge is 0.363 e. The number of nitrogens with one attached hydrogen (secondary N) is 1. The van der Waals surface area contributed by atoms with Crippen LogP contribution < -0.4 is 14.8 Å². The van der Waals surface area contributed by atoms with Gasteiger partial charge in [-0.2, -0.15) is 0 Å². The SMILES string of the molecule is COc1ccc(OCOC(=O)C(NC(=O)S)P(=O)(OC)OC)cc1. The summed E-state index contributed by atoms with van der Waals surface area (Å²) in [7, 11) is -0.281. The van der Waals surface area contributed by atoms with Gasteiger partial charge in [-0.15, -0.1) is 0 Å². The average Bonchev–Trinajstić information content (AvgIpc) is 2.59. The van der Waals surface area contributed by atoms with E-state index in [-0.39, 0.29) is 0 Å². The first-order chi connectivity index (χ1) is 11.4. The quantitative estimate of drug-likeness (QED) is 0.290. The Morgan fingerprint density at radius 3 is 2.12 bits per heavy atom. The zero-order valence-corrected chi connectivity index (χ0v) is 15.0. The standard InChI is InChI=1S/C13H18NO8PS/c1-18-9-4-6-10(7-5-9)21-8-22-12(15)11(14-13(16)24)23(17,19-2)20-3/h4-7,11H,8H2,1-3H3,(H2,14,16,24).